The van der Waals surface area contributed by atoms with E-state index >= 15 is 0 Å². The Hall–Kier alpha value is -3.02. The molecule has 0 saturated heterocycles. The Bertz CT molecular complexity index is 1160. The van der Waals surface area contributed by atoms with Crippen molar-refractivity contribution in [1.29, 1.82) is 5.26 Å². The number of hydrogen-bond acceptors (Lipinski definition) is 6. The molecule has 1 fully saturated rings. The van der Waals surface area contributed by atoms with Crippen molar-refractivity contribution in [2.24, 2.45) is 0 Å². The van der Waals surface area contributed by atoms with Crippen LogP contribution >= 0.6 is 23.4 Å². The van der Waals surface area contributed by atoms with Crippen LogP contribution in [0.25, 0.3) is 0 Å². The van der Waals surface area contributed by atoms with Gasteiger partial charge in [-0.15, -0.1) is 11.8 Å². The van der Waals surface area contributed by atoms with Gasteiger partial charge in [-0.05, 0) is 49.6 Å². The zero-order chi connectivity index (χ0) is 23.4. The van der Waals surface area contributed by atoms with Crippen LogP contribution in [0.1, 0.15) is 34.5 Å². The van der Waals surface area contributed by atoms with Crippen molar-refractivity contribution >= 4 is 35.2 Å². The minimum Gasteiger partial charge on any atom is -0.488 e. The van der Waals surface area contributed by atoms with Crippen LogP contribution in [-0.2, 0) is 11.2 Å². The molecular weight excluding hydrogens is 460 g/mol. The van der Waals surface area contributed by atoms with Gasteiger partial charge in [-0.25, -0.2) is 4.98 Å². The molecule has 1 atom stereocenters. The van der Waals surface area contributed by atoms with Crippen molar-refractivity contribution in [2.45, 2.75) is 42.8 Å². The minimum absolute atomic E-state index is 0.209. The zero-order valence-electron chi connectivity index (χ0n) is 18.1. The summed E-state index contributed by atoms with van der Waals surface area (Å²) in [6.45, 7) is 2.22. The molecule has 3 aliphatic rings. The summed E-state index contributed by atoms with van der Waals surface area (Å²) in [5.74, 6) is 0.339. The van der Waals surface area contributed by atoms with E-state index in [0.29, 0.717) is 46.6 Å². The summed E-state index contributed by atoms with van der Waals surface area (Å²) in [6.07, 6.45) is 5.24. The zero-order valence-corrected chi connectivity index (χ0v) is 19.6. The molecule has 9 heteroatoms. The molecule has 0 unspecified atom stereocenters. The number of benzene rings is 1. The number of fused-ring (bicyclic) bond motifs is 9. The molecule has 0 radical (unpaired) electrons. The lowest BCUT2D eigenvalue weighted by molar-refractivity contribution is -0.123. The van der Waals surface area contributed by atoms with Crippen molar-refractivity contribution in [1.82, 2.24) is 15.6 Å². The number of rotatable bonds is 2. The number of nitrogens with zero attached hydrogens (tertiary/aromatic N) is 2. The predicted octanol–water partition coefficient (Wildman–Crippen LogP) is 3.60. The molecule has 5 rings (SSSR count). The van der Waals surface area contributed by atoms with E-state index in [1.165, 1.54) is 11.8 Å². The van der Waals surface area contributed by atoms with Gasteiger partial charge in [0, 0.05) is 17.9 Å². The summed E-state index contributed by atoms with van der Waals surface area (Å²) in [5, 5.41) is 16.0. The smallest absolute Gasteiger partial charge is 0.254 e. The molecule has 2 aliphatic heterocycles. The Balaban J connectivity index is 1.67. The number of hydrogen-bond donors (Lipinski definition) is 2. The molecule has 3 heterocycles. The van der Waals surface area contributed by atoms with Crippen LogP contribution in [0.5, 0.6) is 5.75 Å². The molecule has 1 aromatic heterocycles. The van der Waals surface area contributed by atoms with Crippen molar-refractivity contribution in [3.63, 3.8) is 0 Å². The van der Waals surface area contributed by atoms with Gasteiger partial charge in [0.2, 0.25) is 5.91 Å². The Morgan fingerprint density at radius 1 is 1.33 bits per heavy atom. The second kappa shape index (κ2) is 9.86. The van der Waals surface area contributed by atoms with E-state index in [9.17, 15) is 14.9 Å². The first kappa shape index (κ1) is 23.1. The van der Waals surface area contributed by atoms with E-state index in [4.69, 9.17) is 16.3 Å². The third kappa shape index (κ3) is 5.67. The number of thioether (sulfide) groups is 1. The third-order valence-corrected chi connectivity index (χ3v) is 6.69. The van der Waals surface area contributed by atoms with Gasteiger partial charge in [0.15, 0.2) is 0 Å². The first-order valence-corrected chi connectivity index (χ1v) is 12.0. The second-order valence-corrected chi connectivity index (χ2v) is 9.49. The topological polar surface area (TPSA) is 104 Å². The van der Waals surface area contributed by atoms with Crippen LogP contribution in [0, 0.1) is 18.3 Å². The first-order valence-electron chi connectivity index (χ1n) is 10.6. The largest absolute Gasteiger partial charge is 0.488 e. The van der Waals surface area contributed by atoms with E-state index in [0.717, 1.165) is 11.3 Å². The van der Waals surface area contributed by atoms with Crippen LogP contribution in [0.3, 0.4) is 0 Å². The Kier molecular flexibility index (Phi) is 6.91. The highest BCUT2D eigenvalue weighted by molar-refractivity contribution is 7.99. The monoisotopic (exact) mass is 482 g/mol. The van der Waals surface area contributed by atoms with Crippen LogP contribution in [0.4, 0.5) is 0 Å². The van der Waals surface area contributed by atoms with Gasteiger partial charge >= 0.3 is 0 Å². The number of carbonyl (C=O) groups excluding carboxylic acids is 2. The highest BCUT2D eigenvalue weighted by Gasteiger charge is 2.45. The fourth-order valence-corrected chi connectivity index (χ4v) is 4.57. The van der Waals surface area contributed by atoms with Crippen LogP contribution in [0.15, 0.2) is 47.5 Å². The highest BCUT2D eigenvalue weighted by Crippen LogP contribution is 2.34. The van der Waals surface area contributed by atoms with Gasteiger partial charge < -0.3 is 15.4 Å². The summed E-state index contributed by atoms with van der Waals surface area (Å²) < 4.78 is 5.73. The molecular formula is C24H23ClN4O3S. The molecule has 1 aliphatic carbocycles. The summed E-state index contributed by atoms with van der Waals surface area (Å²) in [6, 6.07) is 10.0. The van der Waals surface area contributed by atoms with E-state index in [1.54, 1.807) is 24.3 Å². The van der Waals surface area contributed by atoms with E-state index in [1.807, 2.05) is 25.1 Å². The summed E-state index contributed by atoms with van der Waals surface area (Å²) in [5.41, 5.74) is 1.11. The van der Waals surface area contributed by atoms with Crippen molar-refractivity contribution in [2.75, 3.05) is 12.4 Å². The highest BCUT2D eigenvalue weighted by atomic mass is 35.5. The molecule has 170 valence electrons. The van der Waals surface area contributed by atoms with Gasteiger partial charge in [0.1, 0.15) is 29.0 Å². The van der Waals surface area contributed by atoms with Crippen molar-refractivity contribution < 1.29 is 14.3 Å². The Labute approximate surface area is 201 Å². The number of amides is 2. The number of nitriles is 1. The van der Waals surface area contributed by atoms with E-state index in [-0.39, 0.29) is 6.42 Å². The number of ether oxygens (including phenoxy) is 1. The molecule has 2 bridgehead atoms. The first-order chi connectivity index (χ1) is 15.9. The fraction of sp³-hybridized carbons (Fsp3) is 0.333. The number of pyridine rings is 1. The van der Waals surface area contributed by atoms with Crippen LogP contribution < -0.4 is 15.4 Å². The predicted molar refractivity (Wildman–Crippen MR) is 126 cm³/mol. The van der Waals surface area contributed by atoms with Gasteiger partial charge in [-0.2, -0.15) is 5.26 Å². The van der Waals surface area contributed by atoms with Crippen LogP contribution in [-0.4, -0.2) is 40.7 Å². The molecule has 1 saturated carbocycles. The number of carbonyl (C=O) groups is 2. The van der Waals surface area contributed by atoms with Crippen molar-refractivity contribution in [3.8, 4) is 11.8 Å². The van der Waals surface area contributed by atoms with Crippen molar-refractivity contribution in [3.05, 3.63) is 64.3 Å². The molecule has 7 nitrogen and oxygen atoms in total. The van der Waals surface area contributed by atoms with Gasteiger partial charge in [-0.1, -0.05) is 29.8 Å². The molecule has 2 amide bonds. The van der Waals surface area contributed by atoms with Crippen LogP contribution in [0.2, 0.25) is 5.02 Å². The minimum atomic E-state index is -0.891. The Morgan fingerprint density at radius 2 is 2.15 bits per heavy atom. The SMILES string of the molecule is Cc1ccc2c(n1)SC/C=C/COc1ccc(cc1Cl)C[C@@H](C(=O)NC1(C#N)CC1)NC2=O. The Morgan fingerprint density at radius 3 is 2.88 bits per heavy atom. The second-order valence-electron chi connectivity index (χ2n) is 8.08. The lowest BCUT2D eigenvalue weighted by atomic mass is 10.0. The molecule has 33 heavy (non-hydrogen) atoms. The summed E-state index contributed by atoms with van der Waals surface area (Å²) in [4.78, 5) is 30.8. The number of aromatic nitrogens is 1. The van der Waals surface area contributed by atoms with E-state index in [2.05, 4.69) is 21.7 Å². The molecule has 1 aromatic carbocycles. The number of nitrogens with one attached hydrogen (secondary N) is 2. The standard InChI is InChI=1S/C24H23ClN4O3S/c1-15-4-6-17-21(30)28-19(22(31)29-24(14-26)8-9-24)13-16-5-7-20(18(25)12-16)32-10-2-3-11-33-23(17)27-15/h2-7,12,19H,8-11,13H2,1H3,(H,28,30)(H,29,31)/b3-2+/t19-/m0/s1. The third-order valence-electron chi connectivity index (χ3n) is 5.45. The molecule has 2 N–H and O–H groups in total. The lowest BCUT2D eigenvalue weighted by Gasteiger charge is -2.21. The normalized spacial score (nSPS) is 20.5. The molecule has 0 spiro atoms. The summed E-state index contributed by atoms with van der Waals surface area (Å²) in [7, 11) is 0. The average Bonchev–Trinajstić information content (AvgIpc) is 3.56. The van der Waals surface area contributed by atoms with E-state index < -0.39 is 23.4 Å². The maximum atomic E-state index is 13.2. The number of aryl methyl sites for hydroxylation is 1. The molecule has 2 aromatic rings. The van der Waals surface area contributed by atoms with Gasteiger partial charge in [-0.3, -0.25) is 9.59 Å². The quantitative estimate of drug-likeness (QED) is 0.634. The maximum Gasteiger partial charge on any atom is 0.254 e. The fourth-order valence-electron chi connectivity index (χ4n) is 3.40. The average molecular weight is 483 g/mol. The van der Waals surface area contributed by atoms with Gasteiger partial charge in [0.25, 0.3) is 5.91 Å². The maximum absolute atomic E-state index is 13.2. The number of halogens is 1. The summed E-state index contributed by atoms with van der Waals surface area (Å²) >= 11 is 7.81. The van der Waals surface area contributed by atoms with Gasteiger partial charge in [0.05, 0.1) is 16.7 Å². The lowest BCUT2D eigenvalue weighted by Crippen LogP contribution is -2.51.